The molecule has 3 heteroatoms. The first-order valence-corrected chi connectivity index (χ1v) is 5.46. The molecule has 3 saturated heterocycles. The first kappa shape index (κ1) is 9.78. The summed E-state index contributed by atoms with van der Waals surface area (Å²) in [5, 5.41) is 0. The Balaban J connectivity index is 1.76. The van der Waals surface area contributed by atoms with Crippen LogP contribution in [0.1, 0.15) is 19.8 Å². The number of fused-ring (bicyclic) bond motifs is 2. The smallest absolute Gasteiger partial charge is 0.239 e. The molecule has 0 saturated carbocycles. The Morgan fingerprint density at radius 2 is 2.38 bits per heavy atom. The Morgan fingerprint density at radius 1 is 1.44 bits per heavy atom. The van der Waals surface area contributed by atoms with Crippen LogP contribution in [0.3, 0.4) is 0 Å². The second-order valence-corrected chi connectivity index (χ2v) is 4.03. The highest BCUT2D eigenvalue weighted by Gasteiger charge is 2.67. The highest BCUT2D eigenvalue weighted by molar-refractivity contribution is 5.34. The maximum atomic E-state index is 5.82. The summed E-state index contributed by atoms with van der Waals surface area (Å²) in [6, 6.07) is 0. The molecule has 16 heavy (non-hydrogen) atoms. The van der Waals surface area contributed by atoms with E-state index in [-0.39, 0.29) is 12.2 Å². The minimum atomic E-state index is -0.505. The highest BCUT2D eigenvalue weighted by atomic mass is 16.8. The van der Waals surface area contributed by atoms with Gasteiger partial charge in [0.05, 0.1) is 6.61 Å². The summed E-state index contributed by atoms with van der Waals surface area (Å²) in [5.41, 5.74) is 0. The Bertz CT molecular complexity index is 449. The Kier molecular flexibility index (Phi) is 2.17. The third-order valence-electron chi connectivity index (χ3n) is 2.99. The molecule has 0 radical (unpaired) electrons. The van der Waals surface area contributed by atoms with E-state index in [4.69, 9.17) is 14.2 Å². The molecule has 0 aromatic heterocycles. The van der Waals surface area contributed by atoms with Gasteiger partial charge in [0.2, 0.25) is 5.79 Å². The molecular formula is C13H12O3. The second kappa shape index (κ2) is 3.56. The molecule has 3 aliphatic heterocycles. The van der Waals surface area contributed by atoms with Crippen LogP contribution in [0, 0.1) is 23.7 Å². The topological polar surface area (TPSA) is 31.0 Å². The predicted molar refractivity (Wildman–Crippen MR) is 57.0 cm³/mol. The van der Waals surface area contributed by atoms with E-state index in [1.165, 1.54) is 0 Å². The molecule has 1 spiro atoms. The van der Waals surface area contributed by atoms with E-state index in [1.807, 2.05) is 0 Å². The summed E-state index contributed by atoms with van der Waals surface area (Å²) < 4.78 is 17.0. The van der Waals surface area contributed by atoms with Crippen LogP contribution in [0.25, 0.3) is 0 Å². The predicted octanol–water partition coefficient (Wildman–Crippen LogP) is 1.20. The first-order valence-electron chi connectivity index (χ1n) is 5.46. The van der Waals surface area contributed by atoms with E-state index in [0.717, 1.165) is 25.2 Å². The average molecular weight is 216 g/mol. The van der Waals surface area contributed by atoms with Crippen molar-refractivity contribution < 1.29 is 14.2 Å². The lowest BCUT2D eigenvalue weighted by molar-refractivity contribution is -0.192. The number of hydrogen-bond donors (Lipinski definition) is 0. The molecule has 3 aliphatic rings. The van der Waals surface area contributed by atoms with Crippen molar-refractivity contribution in [1.29, 1.82) is 0 Å². The number of rotatable bonds is 0. The molecule has 0 N–H and O–H groups in total. The third kappa shape index (κ3) is 1.41. The minimum absolute atomic E-state index is 0.0574. The Hall–Kier alpha value is -1.42. The van der Waals surface area contributed by atoms with E-state index >= 15 is 0 Å². The van der Waals surface area contributed by atoms with Crippen molar-refractivity contribution in [3.63, 3.8) is 0 Å². The van der Waals surface area contributed by atoms with Crippen molar-refractivity contribution in [3.8, 4) is 23.7 Å². The molecule has 0 aromatic rings. The first-order chi connectivity index (χ1) is 7.86. The number of allylic oxidation sites excluding steroid dienone is 1. The fourth-order valence-electron chi connectivity index (χ4n) is 2.24. The Morgan fingerprint density at radius 3 is 3.12 bits per heavy atom. The van der Waals surface area contributed by atoms with Crippen molar-refractivity contribution in [2.24, 2.45) is 0 Å². The number of ether oxygens (including phenoxy) is 3. The van der Waals surface area contributed by atoms with Crippen LogP contribution in [-0.2, 0) is 14.2 Å². The molecule has 3 heterocycles. The van der Waals surface area contributed by atoms with Crippen molar-refractivity contribution in [2.75, 3.05) is 6.61 Å². The van der Waals surface area contributed by atoms with Gasteiger partial charge in [-0.15, -0.1) is 0 Å². The second-order valence-electron chi connectivity index (χ2n) is 4.03. The standard InChI is InChI=1S/C13H12O3/c1-2-3-4-5-7-10-11-12(15-11)13(16-10)8-6-9-14-13/h7,11-12H,6,8-9H2,1H3/t11-,12-,13+/m0/s1. The van der Waals surface area contributed by atoms with Crippen LogP contribution < -0.4 is 0 Å². The third-order valence-corrected chi connectivity index (χ3v) is 2.99. The van der Waals surface area contributed by atoms with Crippen molar-refractivity contribution in [3.05, 3.63) is 11.8 Å². The van der Waals surface area contributed by atoms with Gasteiger partial charge in [-0.1, -0.05) is 11.8 Å². The van der Waals surface area contributed by atoms with Gasteiger partial charge < -0.3 is 14.2 Å². The summed E-state index contributed by atoms with van der Waals surface area (Å²) in [6.45, 7) is 2.52. The lowest BCUT2D eigenvalue weighted by Crippen LogP contribution is -2.33. The van der Waals surface area contributed by atoms with E-state index in [0.29, 0.717) is 0 Å². The van der Waals surface area contributed by atoms with Gasteiger partial charge >= 0.3 is 0 Å². The molecule has 82 valence electrons. The number of hydrogen-bond acceptors (Lipinski definition) is 3. The summed E-state index contributed by atoms with van der Waals surface area (Å²) in [4.78, 5) is 0. The van der Waals surface area contributed by atoms with Gasteiger partial charge in [0.1, 0.15) is 11.9 Å². The summed E-state index contributed by atoms with van der Waals surface area (Å²) in [7, 11) is 0. The van der Waals surface area contributed by atoms with Crippen molar-refractivity contribution in [1.82, 2.24) is 0 Å². The summed E-state index contributed by atoms with van der Waals surface area (Å²) >= 11 is 0. The molecule has 3 nitrogen and oxygen atoms in total. The van der Waals surface area contributed by atoms with Crippen LogP contribution in [0.4, 0.5) is 0 Å². The van der Waals surface area contributed by atoms with E-state index in [2.05, 4.69) is 23.7 Å². The average Bonchev–Trinajstić information content (AvgIpc) is 2.90. The zero-order valence-corrected chi connectivity index (χ0v) is 9.08. The van der Waals surface area contributed by atoms with E-state index in [1.54, 1.807) is 13.0 Å². The van der Waals surface area contributed by atoms with Gasteiger partial charge in [-0.2, -0.15) is 0 Å². The van der Waals surface area contributed by atoms with Crippen LogP contribution in [-0.4, -0.2) is 24.6 Å². The van der Waals surface area contributed by atoms with Gasteiger partial charge in [0, 0.05) is 12.5 Å². The molecule has 0 amide bonds. The van der Waals surface area contributed by atoms with E-state index in [9.17, 15) is 0 Å². The SMILES string of the molecule is CC#CC#CC=C1O[C@]2(CCCO2)[C@H]2O[C@@H]12. The zero-order chi connectivity index (χ0) is 11.0. The fraction of sp³-hybridized carbons (Fsp3) is 0.538. The van der Waals surface area contributed by atoms with Crippen LogP contribution >= 0.6 is 0 Å². The minimum Gasteiger partial charge on any atom is -0.460 e. The van der Waals surface area contributed by atoms with Gasteiger partial charge in [-0.25, -0.2) is 0 Å². The van der Waals surface area contributed by atoms with Gasteiger partial charge in [0.25, 0.3) is 0 Å². The molecule has 0 aliphatic carbocycles. The van der Waals surface area contributed by atoms with Gasteiger partial charge in [-0.3, -0.25) is 0 Å². The molecule has 3 fully saturated rings. The van der Waals surface area contributed by atoms with Crippen LogP contribution in [0.15, 0.2) is 11.8 Å². The highest BCUT2D eigenvalue weighted by Crippen LogP contribution is 2.52. The van der Waals surface area contributed by atoms with Gasteiger partial charge in [-0.05, 0) is 25.2 Å². The van der Waals surface area contributed by atoms with Crippen molar-refractivity contribution in [2.45, 2.75) is 37.8 Å². The Labute approximate surface area is 94.8 Å². The van der Waals surface area contributed by atoms with E-state index < -0.39 is 5.79 Å². The van der Waals surface area contributed by atoms with Crippen LogP contribution in [0.2, 0.25) is 0 Å². The molecular weight excluding hydrogens is 204 g/mol. The molecule has 0 unspecified atom stereocenters. The van der Waals surface area contributed by atoms with Crippen LogP contribution in [0.5, 0.6) is 0 Å². The quantitative estimate of drug-likeness (QED) is 0.450. The zero-order valence-electron chi connectivity index (χ0n) is 9.08. The molecule has 3 rings (SSSR count). The fourth-order valence-corrected chi connectivity index (χ4v) is 2.24. The maximum Gasteiger partial charge on any atom is 0.239 e. The number of epoxide rings is 1. The molecule has 0 aromatic carbocycles. The lowest BCUT2D eigenvalue weighted by Gasteiger charge is -2.23. The largest absolute Gasteiger partial charge is 0.460 e. The molecule has 0 bridgehead atoms. The lowest BCUT2D eigenvalue weighted by atomic mass is 10.1. The maximum absolute atomic E-state index is 5.82. The summed E-state index contributed by atoms with van der Waals surface area (Å²) in [5.74, 6) is 11.2. The van der Waals surface area contributed by atoms with Crippen molar-refractivity contribution >= 4 is 0 Å². The summed E-state index contributed by atoms with van der Waals surface area (Å²) in [6.07, 6.45) is 3.83. The monoisotopic (exact) mass is 216 g/mol. The normalized spacial score (nSPS) is 40.7. The molecule has 3 atom stereocenters. The van der Waals surface area contributed by atoms with Gasteiger partial charge in [0.15, 0.2) is 6.10 Å².